The van der Waals surface area contributed by atoms with Crippen molar-refractivity contribution in [2.24, 2.45) is 0 Å². The molecule has 1 aromatic carbocycles. The summed E-state index contributed by atoms with van der Waals surface area (Å²) in [5.74, 6) is -1.26. The monoisotopic (exact) mass is 255 g/mol. The molecule has 0 spiro atoms. The third-order valence-corrected chi connectivity index (χ3v) is 2.10. The Morgan fingerprint density at radius 3 is 2.61 bits per heavy atom. The van der Waals surface area contributed by atoms with Crippen LogP contribution in [0, 0.1) is 0 Å². The molecular formula is C12H14FNO4. The van der Waals surface area contributed by atoms with Crippen LogP contribution in [0.5, 0.6) is 0 Å². The first-order chi connectivity index (χ1) is 8.63. The third kappa shape index (κ3) is 4.92. The average Bonchev–Trinajstić information content (AvgIpc) is 2.39. The zero-order valence-corrected chi connectivity index (χ0v) is 9.89. The standard InChI is InChI=1S/C12H14FNO4/c1-17-11(15)7-10(13)8-14-18-12(16)9-5-3-2-4-6-9/h2-6,10,14H,7-8H2,1H3/t10-/m0/s1. The van der Waals surface area contributed by atoms with Gasteiger partial charge in [0.05, 0.1) is 25.6 Å². The summed E-state index contributed by atoms with van der Waals surface area (Å²) in [5.41, 5.74) is 2.54. The van der Waals surface area contributed by atoms with Crippen molar-refractivity contribution < 1.29 is 23.6 Å². The van der Waals surface area contributed by atoms with Gasteiger partial charge in [0.2, 0.25) is 0 Å². The van der Waals surface area contributed by atoms with Crippen LogP contribution < -0.4 is 5.48 Å². The minimum atomic E-state index is -1.47. The van der Waals surface area contributed by atoms with E-state index >= 15 is 0 Å². The Hall–Kier alpha value is -1.95. The van der Waals surface area contributed by atoms with E-state index in [2.05, 4.69) is 15.1 Å². The molecule has 0 bridgehead atoms. The van der Waals surface area contributed by atoms with Crippen LogP contribution in [0.1, 0.15) is 16.8 Å². The lowest BCUT2D eigenvalue weighted by atomic mass is 10.2. The second-order valence-electron chi connectivity index (χ2n) is 3.48. The Labute approximate surface area is 104 Å². The zero-order valence-electron chi connectivity index (χ0n) is 9.89. The number of nitrogens with one attached hydrogen (secondary N) is 1. The molecule has 0 aromatic heterocycles. The predicted molar refractivity (Wildman–Crippen MR) is 61.4 cm³/mol. The van der Waals surface area contributed by atoms with E-state index in [1.165, 1.54) is 7.11 Å². The Balaban J connectivity index is 2.26. The molecule has 0 amide bonds. The largest absolute Gasteiger partial charge is 0.469 e. The number of carbonyl (C=O) groups is 2. The molecule has 5 nitrogen and oxygen atoms in total. The zero-order chi connectivity index (χ0) is 13.4. The molecule has 0 aliphatic carbocycles. The van der Waals surface area contributed by atoms with Gasteiger partial charge in [0.1, 0.15) is 6.17 Å². The van der Waals surface area contributed by atoms with Crippen molar-refractivity contribution in [3.05, 3.63) is 35.9 Å². The summed E-state index contributed by atoms with van der Waals surface area (Å²) in [4.78, 5) is 26.8. The van der Waals surface area contributed by atoms with Gasteiger partial charge in [0, 0.05) is 0 Å². The quantitative estimate of drug-likeness (QED) is 0.612. The number of hydrogen-bond donors (Lipinski definition) is 1. The lowest BCUT2D eigenvalue weighted by Gasteiger charge is -2.08. The molecule has 0 unspecified atom stereocenters. The highest BCUT2D eigenvalue weighted by molar-refractivity contribution is 5.89. The molecule has 98 valence electrons. The number of rotatable bonds is 6. The van der Waals surface area contributed by atoms with E-state index < -0.39 is 18.1 Å². The fourth-order valence-corrected chi connectivity index (χ4v) is 1.17. The van der Waals surface area contributed by atoms with Crippen molar-refractivity contribution in [2.75, 3.05) is 13.7 Å². The van der Waals surface area contributed by atoms with Gasteiger partial charge >= 0.3 is 11.9 Å². The van der Waals surface area contributed by atoms with Crippen molar-refractivity contribution in [3.8, 4) is 0 Å². The number of benzene rings is 1. The maximum Gasteiger partial charge on any atom is 0.356 e. The number of alkyl halides is 1. The molecule has 1 N–H and O–H groups in total. The molecule has 1 aromatic rings. The van der Waals surface area contributed by atoms with E-state index in [1.54, 1.807) is 30.3 Å². The SMILES string of the molecule is COC(=O)C[C@H](F)CNOC(=O)c1ccccc1. The minimum Gasteiger partial charge on any atom is -0.469 e. The van der Waals surface area contributed by atoms with Gasteiger partial charge in [-0.05, 0) is 12.1 Å². The van der Waals surface area contributed by atoms with Gasteiger partial charge < -0.3 is 9.57 Å². The Morgan fingerprint density at radius 1 is 1.33 bits per heavy atom. The first kappa shape index (κ1) is 14.1. The van der Waals surface area contributed by atoms with Crippen LogP contribution in [0.15, 0.2) is 30.3 Å². The number of ether oxygens (including phenoxy) is 1. The summed E-state index contributed by atoms with van der Waals surface area (Å²) >= 11 is 0. The second kappa shape index (κ2) is 7.39. The van der Waals surface area contributed by atoms with Crippen LogP contribution in [0.4, 0.5) is 4.39 Å². The number of methoxy groups -OCH3 is 1. The van der Waals surface area contributed by atoms with E-state index in [0.717, 1.165) is 0 Å². The maximum absolute atomic E-state index is 13.1. The van der Waals surface area contributed by atoms with Crippen molar-refractivity contribution in [3.63, 3.8) is 0 Å². The molecule has 0 radical (unpaired) electrons. The van der Waals surface area contributed by atoms with Crippen LogP contribution in [0.25, 0.3) is 0 Å². The smallest absolute Gasteiger partial charge is 0.356 e. The molecule has 0 saturated carbocycles. The van der Waals surface area contributed by atoms with Crippen molar-refractivity contribution in [1.82, 2.24) is 5.48 Å². The lowest BCUT2D eigenvalue weighted by Crippen LogP contribution is -2.28. The number of halogens is 1. The summed E-state index contributed by atoms with van der Waals surface area (Å²) in [6, 6.07) is 8.28. The summed E-state index contributed by atoms with van der Waals surface area (Å²) in [5, 5.41) is 0. The topological polar surface area (TPSA) is 64.6 Å². The molecule has 0 aliphatic heterocycles. The first-order valence-electron chi connectivity index (χ1n) is 5.33. The fraction of sp³-hybridized carbons (Fsp3) is 0.333. The van der Waals surface area contributed by atoms with Crippen LogP contribution >= 0.6 is 0 Å². The highest BCUT2D eigenvalue weighted by Crippen LogP contribution is 2.01. The minimum absolute atomic E-state index is 0.270. The number of carbonyl (C=O) groups excluding carboxylic acids is 2. The highest BCUT2D eigenvalue weighted by Gasteiger charge is 2.14. The van der Waals surface area contributed by atoms with E-state index in [1.807, 2.05) is 0 Å². The van der Waals surface area contributed by atoms with Crippen molar-refractivity contribution in [1.29, 1.82) is 0 Å². The first-order valence-corrected chi connectivity index (χ1v) is 5.33. The number of esters is 1. The Bertz CT molecular complexity index is 396. The van der Waals surface area contributed by atoms with Crippen molar-refractivity contribution in [2.45, 2.75) is 12.6 Å². The molecule has 0 fully saturated rings. The molecular weight excluding hydrogens is 241 g/mol. The predicted octanol–water partition coefficient (Wildman–Crippen LogP) is 1.25. The van der Waals surface area contributed by atoms with Gasteiger partial charge in [0.15, 0.2) is 0 Å². The summed E-state index contributed by atoms with van der Waals surface area (Å²) < 4.78 is 17.4. The molecule has 1 rings (SSSR count). The average molecular weight is 255 g/mol. The Kier molecular flexibility index (Phi) is 5.79. The molecule has 0 saturated heterocycles. The van der Waals surface area contributed by atoms with Gasteiger partial charge in [-0.3, -0.25) is 4.79 Å². The molecule has 18 heavy (non-hydrogen) atoms. The van der Waals surface area contributed by atoms with E-state index in [0.29, 0.717) is 5.56 Å². The van der Waals surface area contributed by atoms with Crippen LogP contribution in [0.3, 0.4) is 0 Å². The maximum atomic E-state index is 13.1. The fourth-order valence-electron chi connectivity index (χ4n) is 1.17. The van der Waals surface area contributed by atoms with Gasteiger partial charge in [-0.2, -0.15) is 0 Å². The molecule has 0 heterocycles. The van der Waals surface area contributed by atoms with Crippen LogP contribution in [-0.2, 0) is 14.4 Å². The lowest BCUT2D eigenvalue weighted by molar-refractivity contribution is -0.142. The van der Waals surface area contributed by atoms with Gasteiger partial charge in [-0.15, -0.1) is 5.48 Å². The summed E-state index contributed by atoms with van der Waals surface area (Å²) in [7, 11) is 1.18. The normalized spacial score (nSPS) is 11.7. The Morgan fingerprint density at radius 2 is 2.00 bits per heavy atom. The van der Waals surface area contributed by atoms with Gasteiger partial charge in [-0.25, -0.2) is 9.18 Å². The summed E-state index contributed by atoms with van der Waals surface area (Å²) in [6.07, 6.45) is -1.85. The van der Waals surface area contributed by atoms with Crippen LogP contribution in [-0.4, -0.2) is 31.8 Å². The van der Waals surface area contributed by atoms with E-state index in [-0.39, 0.29) is 13.0 Å². The van der Waals surface area contributed by atoms with E-state index in [4.69, 9.17) is 0 Å². The number of hydroxylamine groups is 1. The van der Waals surface area contributed by atoms with Gasteiger partial charge in [0.25, 0.3) is 0 Å². The van der Waals surface area contributed by atoms with Crippen LogP contribution in [0.2, 0.25) is 0 Å². The third-order valence-electron chi connectivity index (χ3n) is 2.10. The second-order valence-corrected chi connectivity index (χ2v) is 3.48. The highest BCUT2D eigenvalue weighted by atomic mass is 19.1. The van der Waals surface area contributed by atoms with Crippen molar-refractivity contribution >= 4 is 11.9 Å². The van der Waals surface area contributed by atoms with Gasteiger partial charge in [-0.1, -0.05) is 18.2 Å². The molecule has 1 atom stereocenters. The summed E-state index contributed by atoms with van der Waals surface area (Å²) in [6.45, 7) is -0.270. The molecule has 6 heteroatoms. The number of hydrogen-bond acceptors (Lipinski definition) is 5. The molecule has 0 aliphatic rings. The van der Waals surface area contributed by atoms with E-state index in [9.17, 15) is 14.0 Å².